The standard InChI is InChI=1S/C28H31N2O3.3C28H30N2O3.2CH4/c4*1-6-29-23-15-25-21(13-17(23)4)27(19-11-9-10-12-20(19)28(31)32-8-3)22-14-18(5)24(30-7-2)16-26(22)33-25;;/h9-16,29-30H,6-8H2,1-5H3;3*9-16,29H,6-8H2,1-5H3;2*1H4/q+1;;;;;/p+3. The van der Waals surface area contributed by atoms with Gasteiger partial charge >= 0.3 is 35.0 Å². The summed E-state index contributed by atoms with van der Waals surface area (Å²) >= 11 is 0. The summed E-state index contributed by atoms with van der Waals surface area (Å²) < 4.78 is 46.2. The summed E-state index contributed by atoms with van der Waals surface area (Å²) in [4.78, 5) is 63.2. The molecule has 10 aromatic rings. The van der Waals surface area contributed by atoms with E-state index in [1.54, 1.807) is 0 Å². The molecule has 0 spiro atoms. The second-order valence-electron chi connectivity index (χ2n) is 32.5. The highest BCUT2D eigenvalue weighted by atomic mass is 16.5. The Morgan fingerprint density at radius 3 is 0.963 bits per heavy atom. The van der Waals surface area contributed by atoms with Gasteiger partial charge in [-0.2, -0.15) is 4.79 Å². The Morgan fingerprint density at radius 2 is 0.649 bits per heavy atom. The Balaban J connectivity index is 0.000000171. The maximum Gasteiger partial charge on any atom is 0.659 e. The number of nitrogens with one attached hydrogen (secondary N) is 4. The second-order valence-corrected chi connectivity index (χ2v) is 32.5. The minimum atomic E-state index is -0.328. The van der Waals surface area contributed by atoms with Crippen molar-refractivity contribution in [3.8, 4) is 78.5 Å². The molecule has 8 N–H and O–H groups in total. The zero-order chi connectivity index (χ0) is 94.1. The van der Waals surface area contributed by atoms with Crippen molar-refractivity contribution in [3.05, 3.63) is 277 Å². The number of aryl methyl sites for hydroxylation is 8. The molecule has 0 fully saturated rings. The minimum absolute atomic E-state index is 0. The lowest BCUT2D eigenvalue weighted by Crippen LogP contribution is -2.77. The number of anilines is 4. The van der Waals surface area contributed by atoms with Gasteiger partial charge in [0.05, 0.1) is 76.0 Å². The first-order chi connectivity index (χ1) is 63.9. The molecule has 0 saturated carbocycles. The van der Waals surface area contributed by atoms with Crippen molar-refractivity contribution in [2.24, 2.45) is 15.0 Å². The lowest BCUT2D eigenvalue weighted by molar-refractivity contribution is -0.568. The fourth-order valence-electron chi connectivity index (χ4n) is 17.3. The molecular formula is C114H132N8O12+4. The predicted octanol–water partition coefficient (Wildman–Crippen LogP) is 25.5. The van der Waals surface area contributed by atoms with Crippen molar-refractivity contribution in [2.45, 2.75) is 153 Å². The van der Waals surface area contributed by atoms with Crippen LogP contribution in [0.2, 0.25) is 0 Å². The van der Waals surface area contributed by atoms with Crippen molar-refractivity contribution in [2.75, 3.05) is 100 Å². The predicted molar refractivity (Wildman–Crippen MR) is 554 cm³/mol. The van der Waals surface area contributed by atoms with E-state index in [0.717, 1.165) is 249 Å². The van der Waals surface area contributed by atoms with Gasteiger partial charge in [0, 0.05) is 178 Å². The number of quaternary nitrogens is 1. The molecule has 134 heavy (non-hydrogen) atoms. The van der Waals surface area contributed by atoms with E-state index in [2.05, 4.69) is 203 Å². The van der Waals surface area contributed by atoms with Crippen LogP contribution in [0.4, 0.5) is 28.4 Å². The molecule has 6 aliphatic rings. The average molecular weight is 1810 g/mol. The molecule has 3 aliphatic heterocycles. The molecular weight excluding hydrogens is 1670 g/mol. The molecule has 4 heterocycles. The summed E-state index contributed by atoms with van der Waals surface area (Å²) in [5.41, 5.74) is 30.7. The topological polar surface area (TPSA) is 266 Å². The molecule has 9 aromatic carbocycles. The summed E-state index contributed by atoms with van der Waals surface area (Å²) in [6.07, 6.45) is 0. The number of fused-ring (bicyclic) bond motifs is 8. The van der Waals surface area contributed by atoms with Crippen LogP contribution in [-0.4, -0.2) is 112 Å². The molecule has 0 amide bonds. The van der Waals surface area contributed by atoms with E-state index < -0.39 is 0 Å². The van der Waals surface area contributed by atoms with Gasteiger partial charge in [-0.3, -0.25) is 15.0 Å². The van der Waals surface area contributed by atoms with E-state index >= 15 is 0 Å². The molecule has 20 nitrogen and oxygen atoms in total. The van der Waals surface area contributed by atoms with E-state index in [0.29, 0.717) is 62.8 Å². The van der Waals surface area contributed by atoms with Gasteiger partial charge < -0.3 is 58.8 Å². The summed E-state index contributed by atoms with van der Waals surface area (Å²) in [5.74, 6) is 1.28. The fraction of sp³-hybridized carbons (Fsp3) is 0.298. The Morgan fingerprint density at radius 1 is 0.351 bits per heavy atom. The molecule has 0 atom stereocenters. The molecule has 0 radical (unpaired) electrons. The first-order valence-corrected chi connectivity index (χ1v) is 46.3. The van der Waals surface area contributed by atoms with Crippen molar-refractivity contribution in [1.82, 2.24) is 0 Å². The van der Waals surface area contributed by atoms with Gasteiger partial charge in [-0.05, 0) is 260 Å². The molecule has 16 rings (SSSR count). The maximum atomic E-state index is 12.9. The number of benzene rings is 12. The Hall–Kier alpha value is -14.2. The smallest absolute Gasteiger partial charge is 0.509 e. The highest BCUT2D eigenvalue weighted by molar-refractivity contribution is 6.15. The van der Waals surface area contributed by atoms with Crippen LogP contribution < -0.4 is 42.7 Å². The van der Waals surface area contributed by atoms with E-state index in [9.17, 15) is 19.2 Å². The summed E-state index contributed by atoms with van der Waals surface area (Å²) in [6.45, 7) is 48.4. The number of carbonyl (C=O) groups excluding carboxylic acids is 3. The van der Waals surface area contributed by atoms with Crippen molar-refractivity contribution >= 4 is 107 Å². The number of rotatable bonds is 25. The quantitative estimate of drug-likeness (QED) is 0.0117. The monoisotopic (exact) mass is 1800 g/mol. The number of carbonyl (C=O) groups is 3. The maximum absolute atomic E-state index is 12.9. The molecule has 20 heteroatoms. The molecule has 0 saturated heterocycles. The third kappa shape index (κ3) is 21.4. The molecule has 0 bridgehead atoms. The highest BCUT2D eigenvalue weighted by Gasteiger charge is 2.33. The Kier molecular flexibility index (Phi) is 34.2. The number of hydrogen-bond donors (Lipinski definition) is 5. The van der Waals surface area contributed by atoms with Crippen molar-refractivity contribution in [3.63, 3.8) is 0 Å². The summed E-state index contributed by atoms with van der Waals surface area (Å²) in [5, 5.41) is 23.5. The fourth-order valence-corrected chi connectivity index (χ4v) is 17.3. The molecule has 0 unspecified atom stereocenters. The molecule has 1 aromatic heterocycles. The summed E-state index contributed by atoms with van der Waals surface area (Å²) in [7, 11) is 0. The highest BCUT2D eigenvalue weighted by Crippen LogP contribution is 2.48. The zero-order valence-electron chi connectivity index (χ0n) is 79.9. The summed E-state index contributed by atoms with van der Waals surface area (Å²) in [6, 6.07) is 64.2. The normalized spacial score (nSPS) is 11.5. The first kappa shape index (κ1) is 100. The van der Waals surface area contributed by atoms with Gasteiger partial charge in [0.2, 0.25) is 0 Å². The van der Waals surface area contributed by atoms with Crippen LogP contribution in [0.3, 0.4) is 0 Å². The molecule has 696 valence electrons. The number of nitrogens with two attached hydrogens (primary N) is 1. The van der Waals surface area contributed by atoms with Gasteiger partial charge in [-0.1, -0.05) is 87.6 Å². The van der Waals surface area contributed by atoms with Crippen LogP contribution >= 0.6 is 0 Å². The number of ether oxygens (including phenoxy) is 4. The van der Waals surface area contributed by atoms with Crippen molar-refractivity contribution < 1.29 is 61.1 Å². The Bertz CT molecular complexity index is 6560. The van der Waals surface area contributed by atoms with Crippen LogP contribution in [0.25, 0.3) is 133 Å². The number of hydrogen-bond acceptors (Lipinski definition) is 16. The number of esters is 3. The Labute approximate surface area is 787 Å². The lowest BCUT2D eigenvalue weighted by Gasteiger charge is -2.19. The van der Waals surface area contributed by atoms with Crippen LogP contribution in [0, 0.1) is 55.4 Å². The number of carboxylic acids is 1. The number of nitrogens with zero attached hydrogens (tertiary/aromatic N) is 3. The molecule has 3 aliphatic carbocycles. The van der Waals surface area contributed by atoms with E-state index in [1.165, 1.54) is 11.3 Å². The van der Waals surface area contributed by atoms with Gasteiger partial charge in [-0.15, -0.1) is 0 Å². The van der Waals surface area contributed by atoms with Gasteiger partial charge in [0.15, 0.2) is 12.2 Å². The second kappa shape index (κ2) is 45.7. The van der Waals surface area contributed by atoms with Gasteiger partial charge in [0.25, 0.3) is 0 Å². The first-order valence-electron chi connectivity index (χ1n) is 46.3. The van der Waals surface area contributed by atoms with Crippen LogP contribution in [0.15, 0.2) is 227 Å². The third-order valence-corrected chi connectivity index (χ3v) is 23.3. The van der Waals surface area contributed by atoms with E-state index in [1.807, 2.05) is 176 Å². The number of aromatic carboxylic acids is 1. The SMILES string of the molecule is C.C.CCN=c1cc2oc3cc(NCC)c(C)cc3c(-c3ccccc3C(=O)OCC)c-2cc1C.CCN=c1cc2oc3cc(NCC)c(C)cc3c(-c3ccccc3C(=O)OCC)c-2cc1C.CCN=c1cc2oc3cc(NCC)c(C)cc3c(-c3ccccc3C(=O)OCC)c-2cc1C.CCNc1cc2[o+]c3cc([NH2+]CC)c(C)cc3c(-c3ccccc3C(=[OH+])[OH+]CC)c2cc1C. The van der Waals surface area contributed by atoms with E-state index in [-0.39, 0.29) is 38.7 Å². The van der Waals surface area contributed by atoms with Crippen LogP contribution in [0.1, 0.15) is 179 Å². The van der Waals surface area contributed by atoms with Gasteiger partial charge in [0.1, 0.15) is 45.8 Å². The van der Waals surface area contributed by atoms with Crippen LogP contribution in [-0.2, 0) is 14.2 Å². The minimum Gasteiger partial charge on any atom is -0.509 e. The van der Waals surface area contributed by atoms with E-state index in [4.69, 9.17) is 31.9 Å². The van der Waals surface area contributed by atoms with Crippen molar-refractivity contribution in [1.29, 1.82) is 0 Å². The largest absolute Gasteiger partial charge is 0.659 e. The van der Waals surface area contributed by atoms with Gasteiger partial charge in [-0.25, -0.2) is 18.8 Å². The zero-order valence-corrected chi connectivity index (χ0v) is 79.9. The average Bonchev–Trinajstić information content (AvgIpc) is 0.754. The van der Waals surface area contributed by atoms with Crippen LogP contribution in [0.5, 0.6) is 0 Å². The third-order valence-electron chi connectivity index (χ3n) is 23.3. The number of aliphatic hydroxyl groups is 1. The lowest BCUT2D eigenvalue weighted by atomic mass is 9.89.